The number of carbonyl (C=O) groups is 1. The summed E-state index contributed by atoms with van der Waals surface area (Å²) in [5, 5.41) is 20.6. The fourth-order valence-corrected chi connectivity index (χ4v) is 1.56. The Kier molecular flexibility index (Phi) is 5.06. The number of carboxylic acid groups (broad SMARTS) is 1. The molecule has 1 heterocycles. The largest absolute Gasteiger partial charge is 0.481 e. The molecule has 1 rings (SSSR count). The third kappa shape index (κ3) is 4.37. The third-order valence-corrected chi connectivity index (χ3v) is 2.38. The van der Waals surface area contributed by atoms with Crippen LogP contribution < -0.4 is 5.32 Å². The lowest BCUT2D eigenvalue weighted by atomic mass is 9.97. The van der Waals surface area contributed by atoms with Crippen LogP contribution >= 0.6 is 0 Å². The molecule has 18 heavy (non-hydrogen) atoms. The quantitative estimate of drug-likeness (QED) is 0.791. The van der Waals surface area contributed by atoms with Crippen LogP contribution in [-0.2, 0) is 4.79 Å². The first-order valence-corrected chi connectivity index (χ1v) is 5.72. The van der Waals surface area contributed by atoms with E-state index in [1.54, 1.807) is 0 Å². The van der Waals surface area contributed by atoms with Crippen molar-refractivity contribution in [3.8, 4) is 6.07 Å². The summed E-state index contributed by atoms with van der Waals surface area (Å²) in [5.41, 5.74) is 0.253. The number of hydrogen-bond donors (Lipinski definition) is 2. The molecule has 6 nitrogen and oxygen atoms in total. The van der Waals surface area contributed by atoms with Crippen molar-refractivity contribution in [1.29, 1.82) is 5.26 Å². The van der Waals surface area contributed by atoms with E-state index in [9.17, 15) is 4.79 Å². The zero-order valence-corrected chi connectivity index (χ0v) is 10.4. The maximum Gasteiger partial charge on any atom is 0.308 e. The van der Waals surface area contributed by atoms with Gasteiger partial charge in [0.1, 0.15) is 11.8 Å². The number of anilines is 1. The molecule has 0 radical (unpaired) electrons. The number of rotatable bonds is 6. The summed E-state index contributed by atoms with van der Waals surface area (Å²) in [6.07, 6.45) is 2.05. The highest BCUT2D eigenvalue weighted by Crippen LogP contribution is 2.12. The van der Waals surface area contributed by atoms with E-state index in [0.717, 1.165) is 0 Å². The van der Waals surface area contributed by atoms with Crippen LogP contribution in [0.25, 0.3) is 0 Å². The van der Waals surface area contributed by atoms with Crippen molar-refractivity contribution in [3.63, 3.8) is 0 Å². The van der Waals surface area contributed by atoms with Gasteiger partial charge in [0.25, 0.3) is 0 Å². The number of nitrogens with zero attached hydrogens (tertiary/aromatic N) is 3. The lowest BCUT2D eigenvalue weighted by molar-refractivity contribution is -0.141. The third-order valence-electron chi connectivity index (χ3n) is 2.38. The maximum atomic E-state index is 11.0. The van der Waals surface area contributed by atoms with Crippen LogP contribution in [0.2, 0.25) is 0 Å². The second-order valence-corrected chi connectivity index (χ2v) is 4.42. The topological polar surface area (TPSA) is 98.9 Å². The molecular weight excluding hydrogens is 232 g/mol. The smallest absolute Gasteiger partial charge is 0.308 e. The molecule has 1 aromatic heterocycles. The molecular formula is C12H16N4O2. The monoisotopic (exact) mass is 248 g/mol. The Morgan fingerprint density at radius 2 is 2.33 bits per heavy atom. The van der Waals surface area contributed by atoms with Gasteiger partial charge in [0.2, 0.25) is 5.95 Å². The van der Waals surface area contributed by atoms with Crippen molar-refractivity contribution in [2.24, 2.45) is 11.8 Å². The minimum Gasteiger partial charge on any atom is -0.481 e. The van der Waals surface area contributed by atoms with E-state index in [4.69, 9.17) is 10.4 Å². The second kappa shape index (κ2) is 6.55. The summed E-state index contributed by atoms with van der Waals surface area (Å²) in [4.78, 5) is 18.9. The molecule has 0 aliphatic carbocycles. The Bertz CT molecular complexity index is 454. The van der Waals surface area contributed by atoms with Gasteiger partial charge in [-0.3, -0.25) is 4.79 Å². The zero-order valence-electron chi connectivity index (χ0n) is 10.4. The summed E-state index contributed by atoms with van der Waals surface area (Å²) < 4.78 is 0. The van der Waals surface area contributed by atoms with Crippen molar-refractivity contribution in [1.82, 2.24) is 9.97 Å². The van der Waals surface area contributed by atoms with E-state index >= 15 is 0 Å². The predicted molar refractivity (Wildman–Crippen MR) is 65.8 cm³/mol. The van der Waals surface area contributed by atoms with Crippen molar-refractivity contribution in [2.45, 2.75) is 20.3 Å². The summed E-state index contributed by atoms with van der Waals surface area (Å²) in [5.74, 6) is -0.740. The Morgan fingerprint density at radius 3 is 2.89 bits per heavy atom. The van der Waals surface area contributed by atoms with Crippen LogP contribution in [0, 0.1) is 23.2 Å². The molecule has 0 spiro atoms. The van der Waals surface area contributed by atoms with E-state index in [0.29, 0.717) is 12.3 Å². The van der Waals surface area contributed by atoms with Gasteiger partial charge in [0.15, 0.2) is 0 Å². The SMILES string of the molecule is CC(C)CC(CNc1nccc(C#N)n1)C(=O)O. The standard InChI is InChI=1S/C12H16N4O2/c1-8(2)5-9(11(17)18)7-15-12-14-4-3-10(6-13)16-12/h3-4,8-9H,5,7H2,1-2H3,(H,17,18)(H,14,15,16). The highest BCUT2D eigenvalue weighted by Gasteiger charge is 2.18. The Labute approximate surface area is 106 Å². The van der Waals surface area contributed by atoms with Crippen molar-refractivity contribution < 1.29 is 9.90 Å². The molecule has 0 saturated heterocycles. The number of carboxylic acids is 1. The normalized spacial score (nSPS) is 11.9. The molecule has 96 valence electrons. The van der Waals surface area contributed by atoms with E-state index < -0.39 is 11.9 Å². The first-order chi connectivity index (χ1) is 8.52. The highest BCUT2D eigenvalue weighted by molar-refractivity contribution is 5.70. The van der Waals surface area contributed by atoms with Crippen molar-refractivity contribution >= 4 is 11.9 Å². The van der Waals surface area contributed by atoms with E-state index in [-0.39, 0.29) is 18.2 Å². The van der Waals surface area contributed by atoms with Gasteiger partial charge in [-0.25, -0.2) is 9.97 Å². The first-order valence-electron chi connectivity index (χ1n) is 5.72. The number of nitrogens with one attached hydrogen (secondary N) is 1. The van der Waals surface area contributed by atoms with Crippen molar-refractivity contribution in [2.75, 3.05) is 11.9 Å². The molecule has 0 amide bonds. The number of nitriles is 1. The van der Waals surface area contributed by atoms with Gasteiger partial charge in [-0.15, -0.1) is 0 Å². The molecule has 6 heteroatoms. The van der Waals surface area contributed by atoms with Crippen LogP contribution in [0.4, 0.5) is 5.95 Å². The number of hydrogen-bond acceptors (Lipinski definition) is 5. The zero-order chi connectivity index (χ0) is 13.5. The summed E-state index contributed by atoms with van der Waals surface area (Å²) in [6, 6.07) is 3.40. The average Bonchev–Trinajstić information content (AvgIpc) is 2.34. The van der Waals surface area contributed by atoms with Gasteiger partial charge in [-0.2, -0.15) is 5.26 Å². The predicted octanol–water partition coefficient (Wildman–Crippen LogP) is 1.51. The molecule has 1 atom stereocenters. The highest BCUT2D eigenvalue weighted by atomic mass is 16.4. The fourth-order valence-electron chi connectivity index (χ4n) is 1.56. The van der Waals surface area contributed by atoms with Crippen molar-refractivity contribution in [3.05, 3.63) is 18.0 Å². The Morgan fingerprint density at radius 1 is 1.61 bits per heavy atom. The molecule has 2 N–H and O–H groups in total. The number of aliphatic carboxylic acids is 1. The van der Waals surface area contributed by atoms with Crippen LogP contribution in [0.3, 0.4) is 0 Å². The van der Waals surface area contributed by atoms with E-state index in [2.05, 4.69) is 15.3 Å². The van der Waals surface area contributed by atoms with Gasteiger partial charge < -0.3 is 10.4 Å². The number of aromatic nitrogens is 2. The van der Waals surface area contributed by atoms with Gasteiger partial charge in [-0.1, -0.05) is 13.8 Å². The minimum absolute atomic E-state index is 0.252. The second-order valence-electron chi connectivity index (χ2n) is 4.42. The van der Waals surface area contributed by atoms with Crippen LogP contribution in [0.5, 0.6) is 0 Å². The van der Waals surface area contributed by atoms with Gasteiger partial charge in [0, 0.05) is 12.7 Å². The molecule has 0 bridgehead atoms. The Hall–Kier alpha value is -2.16. The summed E-state index contributed by atoms with van der Waals surface area (Å²) >= 11 is 0. The minimum atomic E-state index is -0.840. The summed E-state index contributed by atoms with van der Waals surface area (Å²) in [6.45, 7) is 4.20. The van der Waals surface area contributed by atoms with Gasteiger partial charge >= 0.3 is 5.97 Å². The molecule has 0 aliphatic rings. The first kappa shape index (κ1) is 13.9. The van der Waals surface area contributed by atoms with E-state index in [1.807, 2.05) is 19.9 Å². The fraction of sp³-hybridized carbons (Fsp3) is 0.500. The lowest BCUT2D eigenvalue weighted by Gasteiger charge is -2.15. The molecule has 1 unspecified atom stereocenters. The molecule has 0 aliphatic heterocycles. The molecule has 0 aromatic carbocycles. The average molecular weight is 248 g/mol. The van der Waals surface area contributed by atoms with E-state index in [1.165, 1.54) is 12.3 Å². The molecule has 1 aromatic rings. The maximum absolute atomic E-state index is 11.0. The van der Waals surface area contributed by atoms with Crippen LogP contribution in [0.1, 0.15) is 26.0 Å². The van der Waals surface area contributed by atoms with Gasteiger partial charge in [-0.05, 0) is 18.4 Å². The summed E-state index contributed by atoms with van der Waals surface area (Å²) in [7, 11) is 0. The molecule has 0 fully saturated rings. The van der Waals surface area contributed by atoms with Crippen LogP contribution in [0.15, 0.2) is 12.3 Å². The molecule has 0 saturated carbocycles. The lowest BCUT2D eigenvalue weighted by Crippen LogP contribution is -2.25. The van der Waals surface area contributed by atoms with Gasteiger partial charge in [0.05, 0.1) is 5.92 Å². The van der Waals surface area contributed by atoms with Crippen LogP contribution in [-0.4, -0.2) is 27.6 Å². The Balaban J connectivity index is 2.61.